The second kappa shape index (κ2) is 7.57. The number of hydrogen-bond donors (Lipinski definition) is 1. The first-order valence-corrected chi connectivity index (χ1v) is 7.78. The third-order valence-electron chi connectivity index (χ3n) is 3.78. The fourth-order valence-electron chi connectivity index (χ4n) is 2.45. The van der Waals surface area contributed by atoms with Gasteiger partial charge < -0.3 is 10.1 Å². The van der Waals surface area contributed by atoms with Gasteiger partial charge in [0.1, 0.15) is 0 Å². The molecule has 5 heteroatoms. The van der Waals surface area contributed by atoms with Crippen molar-refractivity contribution in [1.29, 1.82) is 0 Å². The number of rotatable bonds is 5. The molecular weight excluding hydrogens is 319 g/mol. The number of methoxy groups -OCH3 is 1. The molecule has 126 valence electrons. The Kier molecular flexibility index (Phi) is 5.04. The number of ether oxygens (including phenoxy) is 1. The van der Waals surface area contributed by atoms with Crippen LogP contribution in [0.3, 0.4) is 0 Å². The molecule has 1 aromatic heterocycles. The van der Waals surface area contributed by atoms with Crippen LogP contribution >= 0.6 is 0 Å². The average Bonchev–Trinajstić information content (AvgIpc) is 2.64. The molecule has 0 atom stereocenters. The monoisotopic (exact) mass is 336 g/mol. The Bertz CT molecular complexity index is 865. The van der Waals surface area contributed by atoms with Gasteiger partial charge in [0, 0.05) is 23.6 Å². The number of amides is 1. The van der Waals surface area contributed by atoms with Gasteiger partial charge in [0.25, 0.3) is 5.91 Å². The van der Waals surface area contributed by atoms with Crippen LogP contribution in [0.4, 0.5) is 10.1 Å². The van der Waals surface area contributed by atoms with E-state index >= 15 is 0 Å². The smallest absolute Gasteiger partial charge is 0.255 e. The Morgan fingerprint density at radius 2 is 1.72 bits per heavy atom. The molecule has 0 bridgehead atoms. The lowest BCUT2D eigenvalue weighted by Gasteiger charge is -2.08. The number of pyridine rings is 1. The predicted molar refractivity (Wildman–Crippen MR) is 94.4 cm³/mol. The van der Waals surface area contributed by atoms with E-state index in [1.165, 1.54) is 30.9 Å². The quantitative estimate of drug-likeness (QED) is 0.764. The molecule has 0 saturated heterocycles. The van der Waals surface area contributed by atoms with Gasteiger partial charge in [-0.05, 0) is 60.0 Å². The van der Waals surface area contributed by atoms with Crippen molar-refractivity contribution in [3.63, 3.8) is 0 Å². The Balaban J connectivity index is 1.68. The summed E-state index contributed by atoms with van der Waals surface area (Å²) in [5.74, 6) is -0.778. The summed E-state index contributed by atoms with van der Waals surface area (Å²) < 4.78 is 18.3. The lowest BCUT2D eigenvalue weighted by Crippen LogP contribution is -2.12. The van der Waals surface area contributed by atoms with Crippen molar-refractivity contribution in [2.24, 2.45) is 0 Å². The summed E-state index contributed by atoms with van der Waals surface area (Å²) in [5.41, 5.74) is 3.31. The van der Waals surface area contributed by atoms with E-state index in [9.17, 15) is 9.18 Å². The SMILES string of the molecule is COc1cc(C(=O)Nc2ccc(Cc3ccncc3)cc2)ccc1F. The lowest BCUT2D eigenvalue weighted by atomic mass is 10.1. The van der Waals surface area contributed by atoms with E-state index in [4.69, 9.17) is 4.74 Å². The molecule has 0 aliphatic rings. The highest BCUT2D eigenvalue weighted by atomic mass is 19.1. The maximum Gasteiger partial charge on any atom is 0.255 e. The van der Waals surface area contributed by atoms with Crippen molar-refractivity contribution in [2.75, 3.05) is 12.4 Å². The van der Waals surface area contributed by atoms with Gasteiger partial charge in [0.05, 0.1) is 7.11 Å². The van der Waals surface area contributed by atoms with Gasteiger partial charge in [-0.15, -0.1) is 0 Å². The fraction of sp³-hybridized carbons (Fsp3) is 0.100. The van der Waals surface area contributed by atoms with E-state index < -0.39 is 5.82 Å². The average molecular weight is 336 g/mol. The van der Waals surface area contributed by atoms with Crippen LogP contribution in [0.15, 0.2) is 67.0 Å². The third kappa shape index (κ3) is 4.20. The lowest BCUT2D eigenvalue weighted by molar-refractivity contribution is 0.102. The largest absolute Gasteiger partial charge is 0.494 e. The van der Waals surface area contributed by atoms with Crippen LogP contribution in [-0.2, 0) is 6.42 Å². The molecule has 2 aromatic carbocycles. The topological polar surface area (TPSA) is 51.2 Å². The van der Waals surface area contributed by atoms with Crippen molar-refractivity contribution >= 4 is 11.6 Å². The van der Waals surface area contributed by atoms with Crippen molar-refractivity contribution in [1.82, 2.24) is 4.98 Å². The Labute approximate surface area is 145 Å². The number of carbonyl (C=O) groups excluding carboxylic acids is 1. The summed E-state index contributed by atoms with van der Waals surface area (Å²) in [6, 6.07) is 15.6. The summed E-state index contributed by atoms with van der Waals surface area (Å²) in [7, 11) is 1.36. The Hall–Kier alpha value is -3.21. The van der Waals surface area contributed by atoms with Crippen molar-refractivity contribution in [2.45, 2.75) is 6.42 Å². The number of carbonyl (C=O) groups is 1. The molecule has 1 heterocycles. The van der Waals surface area contributed by atoms with E-state index in [1.807, 2.05) is 36.4 Å². The molecule has 0 aliphatic carbocycles. The first-order chi connectivity index (χ1) is 12.2. The van der Waals surface area contributed by atoms with Gasteiger partial charge in [0.15, 0.2) is 11.6 Å². The van der Waals surface area contributed by atoms with E-state index in [2.05, 4.69) is 10.3 Å². The van der Waals surface area contributed by atoms with Gasteiger partial charge in [-0.3, -0.25) is 9.78 Å². The van der Waals surface area contributed by atoms with Crippen LogP contribution in [0.2, 0.25) is 0 Å². The van der Waals surface area contributed by atoms with Crippen LogP contribution < -0.4 is 10.1 Å². The first kappa shape index (κ1) is 16.6. The van der Waals surface area contributed by atoms with Crippen LogP contribution in [-0.4, -0.2) is 18.0 Å². The molecular formula is C20H17FN2O2. The van der Waals surface area contributed by atoms with E-state index in [-0.39, 0.29) is 11.7 Å². The van der Waals surface area contributed by atoms with Crippen molar-refractivity contribution < 1.29 is 13.9 Å². The van der Waals surface area contributed by atoms with Crippen molar-refractivity contribution in [3.8, 4) is 5.75 Å². The highest BCUT2D eigenvalue weighted by Gasteiger charge is 2.10. The fourth-order valence-corrected chi connectivity index (χ4v) is 2.45. The second-order valence-corrected chi connectivity index (χ2v) is 5.53. The van der Waals surface area contributed by atoms with E-state index in [1.54, 1.807) is 12.4 Å². The Morgan fingerprint density at radius 3 is 2.40 bits per heavy atom. The summed E-state index contributed by atoms with van der Waals surface area (Å²) in [5, 5.41) is 2.79. The van der Waals surface area contributed by atoms with Crippen LogP contribution in [0, 0.1) is 5.82 Å². The van der Waals surface area contributed by atoms with Gasteiger partial charge in [-0.25, -0.2) is 4.39 Å². The molecule has 3 rings (SSSR count). The molecule has 1 N–H and O–H groups in total. The highest BCUT2D eigenvalue weighted by molar-refractivity contribution is 6.04. The molecule has 1 amide bonds. The number of nitrogens with one attached hydrogen (secondary N) is 1. The summed E-state index contributed by atoms with van der Waals surface area (Å²) in [4.78, 5) is 16.3. The minimum Gasteiger partial charge on any atom is -0.494 e. The standard InChI is InChI=1S/C20H17FN2O2/c1-25-19-13-16(4-7-18(19)21)20(24)23-17-5-2-14(3-6-17)12-15-8-10-22-11-9-15/h2-11,13H,12H2,1H3,(H,23,24). The normalized spacial score (nSPS) is 10.3. The van der Waals surface area contributed by atoms with E-state index in [0.717, 1.165) is 12.0 Å². The molecule has 0 aliphatic heterocycles. The molecule has 4 nitrogen and oxygen atoms in total. The predicted octanol–water partition coefficient (Wildman–Crippen LogP) is 4.07. The summed E-state index contributed by atoms with van der Waals surface area (Å²) in [6.07, 6.45) is 4.33. The summed E-state index contributed by atoms with van der Waals surface area (Å²) >= 11 is 0. The van der Waals surface area contributed by atoms with Crippen LogP contribution in [0.25, 0.3) is 0 Å². The molecule has 3 aromatic rings. The van der Waals surface area contributed by atoms with Gasteiger partial charge in [-0.2, -0.15) is 0 Å². The molecule has 25 heavy (non-hydrogen) atoms. The van der Waals surface area contributed by atoms with Crippen LogP contribution in [0.5, 0.6) is 5.75 Å². The second-order valence-electron chi connectivity index (χ2n) is 5.53. The first-order valence-electron chi connectivity index (χ1n) is 7.78. The number of benzene rings is 2. The zero-order valence-corrected chi connectivity index (χ0v) is 13.7. The number of aromatic nitrogens is 1. The molecule has 0 spiro atoms. The highest BCUT2D eigenvalue weighted by Crippen LogP contribution is 2.20. The number of nitrogens with zero attached hydrogens (tertiary/aromatic N) is 1. The minimum atomic E-state index is -0.500. The Morgan fingerprint density at radius 1 is 1.04 bits per heavy atom. The number of halogens is 1. The van der Waals surface area contributed by atoms with Gasteiger partial charge in [-0.1, -0.05) is 12.1 Å². The molecule has 0 fully saturated rings. The van der Waals surface area contributed by atoms with Crippen molar-refractivity contribution in [3.05, 3.63) is 89.5 Å². The van der Waals surface area contributed by atoms with Crippen LogP contribution in [0.1, 0.15) is 21.5 Å². The maximum absolute atomic E-state index is 13.4. The third-order valence-corrected chi connectivity index (χ3v) is 3.78. The number of hydrogen-bond acceptors (Lipinski definition) is 3. The molecule has 0 saturated carbocycles. The molecule has 0 unspecified atom stereocenters. The zero-order valence-electron chi connectivity index (χ0n) is 13.7. The number of anilines is 1. The van der Waals surface area contributed by atoms with Gasteiger partial charge in [0.2, 0.25) is 0 Å². The molecule has 0 radical (unpaired) electrons. The summed E-state index contributed by atoms with van der Waals surface area (Å²) in [6.45, 7) is 0. The minimum absolute atomic E-state index is 0.0420. The van der Waals surface area contributed by atoms with Gasteiger partial charge >= 0.3 is 0 Å². The zero-order chi connectivity index (χ0) is 17.6. The maximum atomic E-state index is 13.4. The van der Waals surface area contributed by atoms with E-state index in [0.29, 0.717) is 11.3 Å².